The molecule has 3 rings (SSSR count). The Morgan fingerprint density at radius 3 is 2.42 bits per heavy atom. The van der Waals surface area contributed by atoms with Gasteiger partial charge in [-0.3, -0.25) is 0 Å². The van der Waals surface area contributed by atoms with Gasteiger partial charge < -0.3 is 0 Å². The lowest BCUT2D eigenvalue weighted by Crippen LogP contribution is -2.45. The molecule has 136 valence electrons. The lowest BCUT2D eigenvalue weighted by atomic mass is 9.51. The zero-order valence-electron chi connectivity index (χ0n) is 16.9. The normalized spacial score (nSPS) is 41.4. The molecule has 0 nitrogen and oxygen atoms in total. The van der Waals surface area contributed by atoms with Crippen LogP contribution in [0.15, 0.2) is 36.0 Å². The van der Waals surface area contributed by atoms with Gasteiger partial charge in [-0.05, 0) is 81.0 Å². The number of hydrogen-bond acceptors (Lipinski definition) is 0. The summed E-state index contributed by atoms with van der Waals surface area (Å²) in [5.41, 5.74) is 3.93. The van der Waals surface area contributed by atoms with Gasteiger partial charge in [-0.2, -0.15) is 0 Å². The van der Waals surface area contributed by atoms with Crippen LogP contribution in [0.4, 0.5) is 0 Å². The molecule has 0 aliphatic heterocycles. The van der Waals surface area contributed by atoms with Gasteiger partial charge in [-0.1, -0.05) is 70.1 Å². The molecular formula is C24H40. The number of rotatable bonds is 3. The van der Waals surface area contributed by atoms with E-state index < -0.39 is 0 Å². The monoisotopic (exact) mass is 328 g/mol. The van der Waals surface area contributed by atoms with E-state index >= 15 is 0 Å². The fraction of sp³-hybridized carbons (Fsp3) is 0.750. The highest BCUT2D eigenvalue weighted by Gasteiger charge is 2.52. The number of hydrogen-bond donors (Lipinski definition) is 0. The predicted octanol–water partition coefficient (Wildman–Crippen LogP) is 7.72. The zero-order chi connectivity index (χ0) is 17.7. The van der Waals surface area contributed by atoms with E-state index in [0.29, 0.717) is 5.41 Å². The van der Waals surface area contributed by atoms with Crippen molar-refractivity contribution in [3.8, 4) is 0 Å². The first-order valence-electron chi connectivity index (χ1n) is 10.6. The highest BCUT2D eigenvalue weighted by molar-refractivity contribution is 5.26. The first kappa shape index (κ1) is 19.5. The second-order valence-electron chi connectivity index (χ2n) is 8.15. The summed E-state index contributed by atoms with van der Waals surface area (Å²) >= 11 is 0. The van der Waals surface area contributed by atoms with Gasteiger partial charge in [0, 0.05) is 0 Å². The maximum atomic E-state index is 3.97. The number of allylic oxidation sites excluding steroid dienone is 5. The standard InChI is InChI=1S/C22H34.C2H6/c1-5-8-17-10-12-20-19-11-9-16(7-3)18(19)13-14-21(20)22(17,4)15-6-2;1-2/h5,7-8,18-21H,1,6,9-15H2,2-4H3;1-2H3/b16-7-,17-8-;. The Kier molecular flexibility index (Phi) is 6.96. The van der Waals surface area contributed by atoms with Crippen LogP contribution in [0.2, 0.25) is 0 Å². The first-order valence-corrected chi connectivity index (χ1v) is 10.6. The molecule has 0 aromatic heterocycles. The molecule has 3 aliphatic carbocycles. The van der Waals surface area contributed by atoms with Crippen molar-refractivity contribution < 1.29 is 0 Å². The minimum absolute atomic E-state index is 0.440. The molecule has 5 atom stereocenters. The molecule has 3 saturated carbocycles. The molecule has 0 saturated heterocycles. The minimum Gasteiger partial charge on any atom is -0.0991 e. The van der Waals surface area contributed by atoms with E-state index in [1.165, 1.54) is 51.4 Å². The summed E-state index contributed by atoms with van der Waals surface area (Å²) in [6.45, 7) is 15.2. The Hall–Kier alpha value is -0.780. The topological polar surface area (TPSA) is 0 Å². The van der Waals surface area contributed by atoms with Gasteiger partial charge in [0.15, 0.2) is 0 Å². The smallest absolute Gasteiger partial charge is 0.00824 e. The second-order valence-corrected chi connectivity index (χ2v) is 8.15. The maximum absolute atomic E-state index is 3.97. The van der Waals surface area contributed by atoms with Crippen LogP contribution >= 0.6 is 0 Å². The third-order valence-corrected chi connectivity index (χ3v) is 7.37. The van der Waals surface area contributed by atoms with Crippen molar-refractivity contribution in [3.63, 3.8) is 0 Å². The molecule has 0 radical (unpaired) electrons. The predicted molar refractivity (Wildman–Crippen MR) is 108 cm³/mol. The summed E-state index contributed by atoms with van der Waals surface area (Å²) in [5.74, 6) is 3.83. The molecule has 3 aliphatic rings. The van der Waals surface area contributed by atoms with Crippen molar-refractivity contribution in [1.29, 1.82) is 0 Å². The lowest BCUT2D eigenvalue weighted by Gasteiger charge is -2.54. The van der Waals surface area contributed by atoms with Crippen molar-refractivity contribution in [2.75, 3.05) is 0 Å². The maximum Gasteiger partial charge on any atom is -0.00824 e. The van der Waals surface area contributed by atoms with E-state index in [2.05, 4.69) is 39.5 Å². The van der Waals surface area contributed by atoms with Gasteiger partial charge >= 0.3 is 0 Å². The third-order valence-electron chi connectivity index (χ3n) is 7.37. The van der Waals surface area contributed by atoms with Gasteiger partial charge in [0.05, 0.1) is 0 Å². The van der Waals surface area contributed by atoms with Crippen molar-refractivity contribution in [2.24, 2.45) is 29.1 Å². The lowest BCUT2D eigenvalue weighted by molar-refractivity contribution is 0.00979. The molecule has 0 amide bonds. The quantitative estimate of drug-likeness (QED) is 0.465. The van der Waals surface area contributed by atoms with E-state index in [1.807, 2.05) is 19.9 Å². The largest absolute Gasteiger partial charge is 0.0991 e. The average molecular weight is 329 g/mol. The van der Waals surface area contributed by atoms with Crippen molar-refractivity contribution in [3.05, 3.63) is 36.0 Å². The molecule has 5 unspecified atom stereocenters. The van der Waals surface area contributed by atoms with Crippen LogP contribution in [0, 0.1) is 29.1 Å². The van der Waals surface area contributed by atoms with Gasteiger partial charge in [-0.25, -0.2) is 0 Å². The van der Waals surface area contributed by atoms with Crippen LogP contribution in [0.3, 0.4) is 0 Å². The second kappa shape index (κ2) is 8.54. The van der Waals surface area contributed by atoms with Gasteiger partial charge in [-0.15, -0.1) is 0 Å². The fourth-order valence-corrected chi connectivity index (χ4v) is 6.47. The Balaban J connectivity index is 0.00000100. The van der Waals surface area contributed by atoms with Crippen LogP contribution in [0.1, 0.15) is 86.0 Å². The van der Waals surface area contributed by atoms with E-state index in [4.69, 9.17) is 0 Å². The van der Waals surface area contributed by atoms with Crippen LogP contribution < -0.4 is 0 Å². The first-order chi connectivity index (χ1) is 11.7. The Bertz CT molecular complexity index is 480. The molecule has 24 heavy (non-hydrogen) atoms. The SMILES string of the molecule is C=C/C=C1/CCC2C3CC/C(=C/C)C3CCC2C1(C)CCC.CC. The third kappa shape index (κ3) is 3.31. The van der Waals surface area contributed by atoms with Gasteiger partial charge in [0.1, 0.15) is 0 Å². The molecule has 3 fully saturated rings. The molecule has 0 heterocycles. The van der Waals surface area contributed by atoms with Gasteiger partial charge in [0.2, 0.25) is 0 Å². The molecule has 0 N–H and O–H groups in total. The van der Waals surface area contributed by atoms with E-state index in [-0.39, 0.29) is 0 Å². The number of fused-ring (bicyclic) bond motifs is 3. The summed E-state index contributed by atoms with van der Waals surface area (Å²) in [6, 6.07) is 0. The van der Waals surface area contributed by atoms with Crippen LogP contribution in [-0.4, -0.2) is 0 Å². The molecule has 0 bridgehead atoms. The van der Waals surface area contributed by atoms with Crippen molar-refractivity contribution in [2.45, 2.75) is 86.0 Å². The highest BCUT2D eigenvalue weighted by atomic mass is 14.6. The fourth-order valence-electron chi connectivity index (χ4n) is 6.47. The summed E-state index contributed by atoms with van der Waals surface area (Å²) in [7, 11) is 0. The molecule has 0 aromatic carbocycles. The van der Waals surface area contributed by atoms with Crippen molar-refractivity contribution >= 4 is 0 Å². The highest BCUT2D eigenvalue weighted by Crippen LogP contribution is 2.61. The Morgan fingerprint density at radius 2 is 1.79 bits per heavy atom. The molecule has 0 aromatic rings. The van der Waals surface area contributed by atoms with Crippen LogP contribution in [0.5, 0.6) is 0 Å². The van der Waals surface area contributed by atoms with E-state index in [0.717, 1.165) is 23.7 Å². The van der Waals surface area contributed by atoms with Crippen LogP contribution in [-0.2, 0) is 0 Å². The van der Waals surface area contributed by atoms with Crippen molar-refractivity contribution in [1.82, 2.24) is 0 Å². The summed E-state index contributed by atoms with van der Waals surface area (Å²) in [6.07, 6.45) is 18.0. The van der Waals surface area contributed by atoms with Crippen LogP contribution in [0.25, 0.3) is 0 Å². The zero-order valence-corrected chi connectivity index (χ0v) is 16.9. The molecular weight excluding hydrogens is 288 g/mol. The summed E-state index contributed by atoms with van der Waals surface area (Å²) in [5, 5.41) is 0. The molecule has 0 spiro atoms. The minimum atomic E-state index is 0.440. The van der Waals surface area contributed by atoms with E-state index in [9.17, 15) is 0 Å². The van der Waals surface area contributed by atoms with E-state index in [1.54, 1.807) is 11.1 Å². The molecule has 0 heteroatoms. The average Bonchev–Trinajstić information content (AvgIpc) is 3.03. The Labute approximate surface area is 151 Å². The summed E-state index contributed by atoms with van der Waals surface area (Å²) < 4.78 is 0. The van der Waals surface area contributed by atoms with Gasteiger partial charge in [0.25, 0.3) is 0 Å². The Morgan fingerprint density at radius 1 is 1.08 bits per heavy atom. The summed E-state index contributed by atoms with van der Waals surface area (Å²) in [4.78, 5) is 0.